The minimum atomic E-state index is 0. The maximum absolute atomic E-state index is 5.69. The summed E-state index contributed by atoms with van der Waals surface area (Å²) in [6.45, 7) is 4.41. The molecular formula is C18H21ClN2O. The van der Waals surface area contributed by atoms with Gasteiger partial charge in [0, 0.05) is 0 Å². The van der Waals surface area contributed by atoms with Crippen molar-refractivity contribution in [2.24, 2.45) is 0 Å². The maximum atomic E-state index is 5.69. The van der Waals surface area contributed by atoms with E-state index < -0.39 is 0 Å². The molecule has 0 saturated carbocycles. The average Bonchev–Trinajstić information content (AvgIpc) is 2.87. The molecule has 0 aliphatic rings. The van der Waals surface area contributed by atoms with Crippen LogP contribution in [0, 0.1) is 0 Å². The molecule has 1 aromatic heterocycles. The van der Waals surface area contributed by atoms with Gasteiger partial charge in [0.1, 0.15) is 6.54 Å². The molecule has 116 valence electrons. The van der Waals surface area contributed by atoms with Crippen LogP contribution in [-0.4, -0.2) is 11.2 Å². The first-order valence-corrected chi connectivity index (χ1v) is 7.47. The lowest BCUT2D eigenvalue weighted by molar-refractivity contribution is -0.663. The summed E-state index contributed by atoms with van der Waals surface area (Å²) in [5.41, 5.74) is 3.76. The van der Waals surface area contributed by atoms with Crippen LogP contribution in [0.25, 0.3) is 11.0 Å². The highest BCUT2D eigenvalue weighted by Crippen LogP contribution is 2.12. The van der Waals surface area contributed by atoms with Crippen LogP contribution in [0.5, 0.6) is 0 Å². The zero-order valence-electron chi connectivity index (χ0n) is 12.8. The number of imidazole rings is 1. The number of rotatable bonds is 6. The van der Waals surface area contributed by atoms with Gasteiger partial charge in [-0.15, -0.1) is 0 Å². The number of hydrogen-bond donors (Lipinski definition) is 0. The summed E-state index contributed by atoms with van der Waals surface area (Å²) >= 11 is 0. The van der Waals surface area contributed by atoms with Gasteiger partial charge in [-0.2, -0.15) is 0 Å². The van der Waals surface area contributed by atoms with E-state index in [-0.39, 0.29) is 12.4 Å². The van der Waals surface area contributed by atoms with Crippen LogP contribution in [0.1, 0.15) is 18.9 Å². The zero-order chi connectivity index (χ0) is 14.5. The fourth-order valence-corrected chi connectivity index (χ4v) is 2.56. The van der Waals surface area contributed by atoms with E-state index in [0.29, 0.717) is 6.73 Å². The Morgan fingerprint density at radius 1 is 1.00 bits per heavy atom. The molecule has 0 radical (unpaired) electrons. The first-order valence-electron chi connectivity index (χ1n) is 7.47. The Labute approximate surface area is 137 Å². The molecule has 0 atom stereocenters. The number of ether oxygens (including phenoxy) is 1. The predicted octanol–water partition coefficient (Wildman–Crippen LogP) is 0.365. The standard InChI is InChI=1S/C18H21N2O.ClH/c1-2-12-21-15-20-14-19(13-16-8-4-3-5-9-16)17-10-6-7-11-18(17)20;/h3-11,14H,2,12-13,15H2,1H3;1H/q+1;/p-1. The van der Waals surface area contributed by atoms with Crippen LogP contribution in [0.2, 0.25) is 0 Å². The van der Waals surface area contributed by atoms with Gasteiger partial charge < -0.3 is 17.1 Å². The first kappa shape index (κ1) is 16.5. The number of halogens is 1. The van der Waals surface area contributed by atoms with Crippen molar-refractivity contribution in [1.29, 1.82) is 0 Å². The Bertz CT molecular complexity index is 709. The molecule has 3 nitrogen and oxygen atoms in total. The molecule has 0 saturated heterocycles. The summed E-state index contributed by atoms with van der Waals surface area (Å²) in [6.07, 6.45) is 3.19. The SMILES string of the molecule is CCCOCn1c[n+](Cc2ccccc2)c2ccccc21.[Cl-]. The van der Waals surface area contributed by atoms with Gasteiger partial charge in [-0.1, -0.05) is 49.4 Å². The van der Waals surface area contributed by atoms with Gasteiger partial charge in [-0.25, -0.2) is 9.13 Å². The van der Waals surface area contributed by atoms with Crippen LogP contribution in [-0.2, 0) is 18.0 Å². The van der Waals surface area contributed by atoms with Crippen molar-refractivity contribution >= 4 is 11.0 Å². The molecule has 0 N–H and O–H groups in total. The lowest BCUT2D eigenvalue weighted by Gasteiger charge is -1.99. The van der Waals surface area contributed by atoms with Crippen molar-refractivity contribution in [2.45, 2.75) is 26.6 Å². The fraction of sp³-hybridized carbons (Fsp3) is 0.278. The Kier molecular flexibility index (Phi) is 5.99. The molecule has 0 aliphatic carbocycles. The zero-order valence-corrected chi connectivity index (χ0v) is 13.5. The van der Waals surface area contributed by atoms with Gasteiger partial charge >= 0.3 is 0 Å². The van der Waals surface area contributed by atoms with Crippen molar-refractivity contribution in [3.63, 3.8) is 0 Å². The number of para-hydroxylation sites is 2. The van der Waals surface area contributed by atoms with Crippen molar-refractivity contribution in [1.82, 2.24) is 4.57 Å². The summed E-state index contributed by atoms with van der Waals surface area (Å²) in [5, 5.41) is 0. The monoisotopic (exact) mass is 316 g/mol. The van der Waals surface area contributed by atoms with Crippen LogP contribution in [0.3, 0.4) is 0 Å². The van der Waals surface area contributed by atoms with Gasteiger partial charge in [0.25, 0.3) is 0 Å². The third kappa shape index (κ3) is 3.67. The van der Waals surface area contributed by atoms with Crippen LogP contribution in [0.4, 0.5) is 0 Å². The average molecular weight is 317 g/mol. The number of aromatic nitrogens is 2. The van der Waals surface area contributed by atoms with Crippen LogP contribution >= 0.6 is 0 Å². The minimum Gasteiger partial charge on any atom is -1.00 e. The second-order valence-corrected chi connectivity index (χ2v) is 5.22. The second kappa shape index (κ2) is 7.97. The largest absolute Gasteiger partial charge is 1.00 e. The predicted molar refractivity (Wildman–Crippen MR) is 83.9 cm³/mol. The number of nitrogens with zero attached hydrogens (tertiary/aromatic N) is 2. The van der Waals surface area contributed by atoms with Gasteiger partial charge in [-0.3, -0.25) is 0 Å². The Hall–Kier alpha value is -1.84. The van der Waals surface area contributed by atoms with Gasteiger partial charge in [0.2, 0.25) is 6.33 Å². The lowest BCUT2D eigenvalue weighted by atomic mass is 10.2. The highest BCUT2D eigenvalue weighted by atomic mass is 35.5. The van der Waals surface area contributed by atoms with E-state index >= 15 is 0 Å². The minimum absolute atomic E-state index is 0. The van der Waals surface area contributed by atoms with Crippen molar-refractivity contribution in [3.8, 4) is 0 Å². The Morgan fingerprint density at radius 3 is 2.50 bits per heavy atom. The Morgan fingerprint density at radius 2 is 1.73 bits per heavy atom. The molecule has 0 spiro atoms. The molecule has 2 aromatic carbocycles. The smallest absolute Gasteiger partial charge is 0.246 e. The number of benzene rings is 2. The molecule has 0 aliphatic heterocycles. The topological polar surface area (TPSA) is 18.0 Å². The van der Waals surface area contributed by atoms with E-state index in [9.17, 15) is 0 Å². The molecule has 3 rings (SSSR count). The highest BCUT2D eigenvalue weighted by Gasteiger charge is 2.15. The summed E-state index contributed by atoms with van der Waals surface area (Å²) < 4.78 is 10.1. The van der Waals surface area contributed by atoms with Crippen LogP contribution < -0.4 is 17.0 Å². The second-order valence-electron chi connectivity index (χ2n) is 5.22. The van der Waals surface area contributed by atoms with Gasteiger partial charge in [0.05, 0.1) is 6.61 Å². The first-order chi connectivity index (χ1) is 10.4. The number of hydrogen-bond acceptors (Lipinski definition) is 1. The van der Waals surface area contributed by atoms with E-state index in [1.807, 2.05) is 0 Å². The van der Waals surface area contributed by atoms with Crippen molar-refractivity contribution < 1.29 is 21.7 Å². The van der Waals surface area contributed by atoms with E-state index in [1.54, 1.807) is 0 Å². The normalized spacial score (nSPS) is 10.6. The molecule has 0 unspecified atom stereocenters. The third-order valence-corrected chi connectivity index (χ3v) is 3.55. The van der Waals surface area contributed by atoms with E-state index in [1.165, 1.54) is 16.6 Å². The molecular weight excluding hydrogens is 296 g/mol. The van der Waals surface area contributed by atoms with Crippen molar-refractivity contribution in [2.75, 3.05) is 6.61 Å². The van der Waals surface area contributed by atoms with Gasteiger partial charge in [-0.05, 0) is 24.1 Å². The molecule has 0 amide bonds. The molecule has 1 heterocycles. The van der Waals surface area contributed by atoms with E-state index in [2.05, 4.69) is 77.0 Å². The molecule has 0 bridgehead atoms. The quantitative estimate of drug-likeness (QED) is 0.474. The Balaban J connectivity index is 0.00000176. The molecule has 4 heteroatoms. The van der Waals surface area contributed by atoms with Gasteiger partial charge in [0.15, 0.2) is 17.8 Å². The molecule has 22 heavy (non-hydrogen) atoms. The summed E-state index contributed by atoms with van der Waals surface area (Å²) in [5.74, 6) is 0. The summed E-state index contributed by atoms with van der Waals surface area (Å²) in [7, 11) is 0. The number of fused-ring (bicyclic) bond motifs is 1. The van der Waals surface area contributed by atoms with Crippen LogP contribution in [0.15, 0.2) is 60.9 Å². The fourth-order valence-electron chi connectivity index (χ4n) is 2.56. The summed E-state index contributed by atoms with van der Waals surface area (Å²) in [6, 6.07) is 19.0. The summed E-state index contributed by atoms with van der Waals surface area (Å²) in [4.78, 5) is 0. The lowest BCUT2D eigenvalue weighted by Crippen LogP contribution is -3.00. The maximum Gasteiger partial charge on any atom is 0.246 e. The van der Waals surface area contributed by atoms with Crippen molar-refractivity contribution in [3.05, 3.63) is 66.5 Å². The highest BCUT2D eigenvalue weighted by molar-refractivity contribution is 5.71. The van der Waals surface area contributed by atoms with E-state index in [0.717, 1.165) is 19.6 Å². The third-order valence-electron chi connectivity index (χ3n) is 3.55. The molecule has 3 aromatic rings. The van der Waals surface area contributed by atoms with E-state index in [4.69, 9.17) is 4.74 Å². The molecule has 0 fully saturated rings.